The van der Waals surface area contributed by atoms with E-state index >= 15 is 0 Å². The molecular formula is C24H30ClFN4O2. The number of rotatable bonds is 5. The first-order valence-corrected chi connectivity index (χ1v) is 11.2. The molecule has 8 heteroatoms. The largest absolute Gasteiger partial charge is 0.337 e. The summed E-state index contributed by atoms with van der Waals surface area (Å²) in [7, 11) is 0. The van der Waals surface area contributed by atoms with Crippen molar-refractivity contribution in [1.29, 1.82) is 0 Å². The van der Waals surface area contributed by atoms with Gasteiger partial charge >= 0.3 is 0 Å². The van der Waals surface area contributed by atoms with E-state index in [-0.39, 0.29) is 17.9 Å². The molecule has 1 aromatic carbocycles. The van der Waals surface area contributed by atoms with Gasteiger partial charge in [0.2, 0.25) is 5.91 Å². The highest BCUT2D eigenvalue weighted by molar-refractivity contribution is 6.31. The van der Waals surface area contributed by atoms with E-state index in [1.807, 2.05) is 32.6 Å². The molecular weight excluding hydrogens is 431 g/mol. The van der Waals surface area contributed by atoms with E-state index in [4.69, 9.17) is 11.6 Å². The Labute approximate surface area is 193 Å². The Balaban J connectivity index is 1.73. The Morgan fingerprint density at radius 1 is 1.25 bits per heavy atom. The van der Waals surface area contributed by atoms with Crippen molar-refractivity contribution in [3.63, 3.8) is 0 Å². The fourth-order valence-corrected chi connectivity index (χ4v) is 4.10. The minimum absolute atomic E-state index is 0.0285. The molecule has 2 heterocycles. The third-order valence-electron chi connectivity index (χ3n) is 5.90. The maximum Gasteiger partial charge on any atom is 0.257 e. The van der Waals surface area contributed by atoms with Crippen LogP contribution in [0.15, 0.2) is 24.4 Å². The summed E-state index contributed by atoms with van der Waals surface area (Å²) in [6.07, 6.45) is 1.45. The van der Waals surface area contributed by atoms with Gasteiger partial charge in [-0.25, -0.2) is 4.39 Å². The molecule has 0 radical (unpaired) electrons. The minimum Gasteiger partial charge on any atom is -0.337 e. The van der Waals surface area contributed by atoms with Crippen LogP contribution in [0.25, 0.3) is 0 Å². The molecule has 2 aromatic rings. The Kier molecular flexibility index (Phi) is 7.51. The van der Waals surface area contributed by atoms with E-state index in [1.54, 1.807) is 13.0 Å². The monoisotopic (exact) mass is 460 g/mol. The first kappa shape index (κ1) is 24.1. The summed E-state index contributed by atoms with van der Waals surface area (Å²) in [5, 5.41) is 3.19. The van der Waals surface area contributed by atoms with Gasteiger partial charge in [0.05, 0.1) is 16.3 Å². The average molecular weight is 461 g/mol. The van der Waals surface area contributed by atoms with Gasteiger partial charge in [-0.2, -0.15) is 0 Å². The van der Waals surface area contributed by atoms with Gasteiger partial charge in [-0.15, -0.1) is 0 Å². The van der Waals surface area contributed by atoms with Crippen LogP contribution in [0, 0.1) is 25.6 Å². The SMILES string of the molecule is Cc1ncc(C(=O)Nc2cc(F)cc(CN3CCN(C(=O)C(C)C)[C@@H](C)C3)c2C)cc1Cl. The molecule has 0 aliphatic carbocycles. The van der Waals surface area contributed by atoms with Crippen molar-refractivity contribution < 1.29 is 14.0 Å². The van der Waals surface area contributed by atoms with E-state index in [2.05, 4.69) is 15.2 Å². The molecule has 1 fully saturated rings. The Morgan fingerprint density at radius 2 is 1.97 bits per heavy atom. The maximum atomic E-state index is 14.4. The fraction of sp³-hybridized carbons (Fsp3) is 0.458. The van der Waals surface area contributed by atoms with Gasteiger partial charge in [0.1, 0.15) is 5.82 Å². The van der Waals surface area contributed by atoms with Gasteiger partial charge in [-0.3, -0.25) is 19.5 Å². The number of nitrogens with one attached hydrogen (secondary N) is 1. The van der Waals surface area contributed by atoms with Crippen molar-refractivity contribution in [3.05, 3.63) is 57.6 Å². The van der Waals surface area contributed by atoms with Gasteiger partial charge in [0.25, 0.3) is 5.91 Å². The summed E-state index contributed by atoms with van der Waals surface area (Å²) < 4.78 is 14.4. The van der Waals surface area contributed by atoms with Crippen molar-refractivity contribution in [3.8, 4) is 0 Å². The predicted octanol–water partition coefficient (Wildman–Crippen LogP) is 4.43. The summed E-state index contributed by atoms with van der Waals surface area (Å²) in [5.74, 6) is -0.676. The molecule has 172 valence electrons. The summed E-state index contributed by atoms with van der Waals surface area (Å²) in [6, 6.07) is 4.46. The van der Waals surface area contributed by atoms with E-state index in [1.165, 1.54) is 18.3 Å². The lowest BCUT2D eigenvalue weighted by atomic mass is 10.0. The molecule has 32 heavy (non-hydrogen) atoms. The number of piperazine rings is 1. The van der Waals surface area contributed by atoms with E-state index < -0.39 is 11.7 Å². The first-order valence-electron chi connectivity index (χ1n) is 10.8. The number of amides is 2. The lowest BCUT2D eigenvalue weighted by Crippen LogP contribution is -2.54. The van der Waals surface area contributed by atoms with Crippen LogP contribution >= 0.6 is 11.6 Å². The van der Waals surface area contributed by atoms with E-state index in [9.17, 15) is 14.0 Å². The molecule has 0 unspecified atom stereocenters. The van der Waals surface area contributed by atoms with Crippen LogP contribution in [0.3, 0.4) is 0 Å². The summed E-state index contributed by atoms with van der Waals surface area (Å²) >= 11 is 6.08. The number of aryl methyl sites for hydroxylation is 1. The number of hydrogen-bond acceptors (Lipinski definition) is 4. The highest BCUT2D eigenvalue weighted by atomic mass is 35.5. The van der Waals surface area contributed by atoms with Gasteiger partial charge < -0.3 is 10.2 Å². The zero-order valence-corrected chi connectivity index (χ0v) is 20.0. The third-order valence-corrected chi connectivity index (χ3v) is 6.28. The fourth-order valence-electron chi connectivity index (χ4n) is 3.93. The smallest absolute Gasteiger partial charge is 0.257 e. The number of hydrogen-bond donors (Lipinski definition) is 1. The predicted molar refractivity (Wildman–Crippen MR) is 124 cm³/mol. The van der Waals surface area contributed by atoms with Crippen molar-refractivity contribution >= 4 is 29.1 Å². The number of aromatic nitrogens is 1. The number of carbonyl (C=O) groups excluding carboxylic acids is 2. The van der Waals surface area contributed by atoms with Crippen LogP contribution in [0.1, 0.15) is 48.0 Å². The second kappa shape index (κ2) is 9.96. The number of nitrogens with zero attached hydrogens (tertiary/aromatic N) is 3. The van der Waals surface area contributed by atoms with Crippen LogP contribution < -0.4 is 5.32 Å². The molecule has 2 amide bonds. The van der Waals surface area contributed by atoms with Crippen LogP contribution in [-0.4, -0.2) is 52.3 Å². The normalized spacial score (nSPS) is 17.0. The molecule has 1 atom stereocenters. The second-order valence-corrected chi connectivity index (χ2v) is 9.16. The molecule has 0 saturated carbocycles. The van der Waals surface area contributed by atoms with Crippen molar-refractivity contribution in [1.82, 2.24) is 14.8 Å². The van der Waals surface area contributed by atoms with Crippen LogP contribution in [0.4, 0.5) is 10.1 Å². The molecule has 1 N–H and O–H groups in total. The molecule has 0 spiro atoms. The standard InChI is InChI=1S/C24H30ClFN4O2/c1-14(2)24(32)30-7-6-29(12-15(30)3)13-19-8-20(26)10-22(16(19)4)28-23(31)18-9-21(25)17(5)27-11-18/h8-11,14-15H,6-7,12-13H2,1-5H3,(H,28,31)/t15-/m0/s1. The average Bonchev–Trinajstić information content (AvgIpc) is 2.73. The lowest BCUT2D eigenvalue weighted by molar-refractivity contribution is -0.139. The first-order chi connectivity index (χ1) is 15.1. The van der Waals surface area contributed by atoms with Gasteiger partial charge in [0, 0.05) is 50.0 Å². The van der Waals surface area contributed by atoms with Crippen molar-refractivity contribution in [2.45, 2.75) is 47.2 Å². The van der Waals surface area contributed by atoms with Gasteiger partial charge in [-0.1, -0.05) is 25.4 Å². The number of anilines is 1. The molecule has 0 bridgehead atoms. The summed E-state index contributed by atoms with van der Waals surface area (Å²) in [4.78, 5) is 33.3. The molecule has 1 aliphatic rings. The number of carbonyl (C=O) groups is 2. The quantitative estimate of drug-likeness (QED) is 0.716. The Bertz CT molecular complexity index is 1030. The molecule has 1 aliphatic heterocycles. The lowest BCUT2D eigenvalue weighted by Gasteiger charge is -2.41. The highest BCUT2D eigenvalue weighted by Crippen LogP contribution is 2.25. The van der Waals surface area contributed by atoms with E-state index in [0.29, 0.717) is 48.1 Å². The maximum absolute atomic E-state index is 14.4. The molecule has 1 aromatic heterocycles. The number of pyridine rings is 1. The number of halogens is 2. The Hall–Kier alpha value is -2.51. The Morgan fingerprint density at radius 3 is 2.59 bits per heavy atom. The topological polar surface area (TPSA) is 65.5 Å². The van der Waals surface area contributed by atoms with Crippen molar-refractivity contribution in [2.24, 2.45) is 5.92 Å². The molecule has 3 rings (SSSR count). The zero-order valence-electron chi connectivity index (χ0n) is 19.2. The van der Waals surface area contributed by atoms with Gasteiger partial charge in [0.15, 0.2) is 0 Å². The molecule has 6 nitrogen and oxygen atoms in total. The summed E-state index contributed by atoms with van der Waals surface area (Å²) in [5.41, 5.74) is 2.97. The van der Waals surface area contributed by atoms with Gasteiger partial charge in [-0.05, 0) is 50.1 Å². The number of benzene rings is 1. The minimum atomic E-state index is -0.414. The van der Waals surface area contributed by atoms with Crippen LogP contribution in [-0.2, 0) is 11.3 Å². The summed E-state index contributed by atoms with van der Waals surface area (Å²) in [6.45, 7) is 12.1. The van der Waals surface area contributed by atoms with Crippen LogP contribution in [0.2, 0.25) is 5.02 Å². The van der Waals surface area contributed by atoms with E-state index in [0.717, 1.165) is 11.1 Å². The van der Waals surface area contributed by atoms with Crippen molar-refractivity contribution in [2.75, 3.05) is 25.0 Å². The third kappa shape index (κ3) is 5.45. The zero-order chi connectivity index (χ0) is 23.6. The second-order valence-electron chi connectivity index (χ2n) is 8.75. The van der Waals surface area contributed by atoms with Crippen LogP contribution in [0.5, 0.6) is 0 Å². The molecule has 1 saturated heterocycles. The highest BCUT2D eigenvalue weighted by Gasteiger charge is 2.29.